The molecule has 1 saturated carbocycles. The van der Waals surface area contributed by atoms with E-state index in [1.165, 1.54) is 0 Å². The Morgan fingerprint density at radius 3 is 2.78 bits per heavy atom. The summed E-state index contributed by atoms with van der Waals surface area (Å²) >= 11 is 0. The molecule has 0 N–H and O–H groups in total. The van der Waals surface area contributed by atoms with Gasteiger partial charge >= 0.3 is 0 Å². The van der Waals surface area contributed by atoms with Crippen molar-refractivity contribution >= 4 is 11.0 Å². The largest absolute Gasteiger partial charge is 0.370 e. The highest BCUT2D eigenvalue weighted by molar-refractivity contribution is 5.80. The molecule has 4 rings (SSSR count). The van der Waals surface area contributed by atoms with Gasteiger partial charge in [0.25, 0.3) is 5.89 Å². The molecule has 0 aliphatic heterocycles. The maximum Gasteiger partial charge on any atom is 0.276 e. The Morgan fingerprint density at radius 1 is 1.30 bits per heavy atom. The van der Waals surface area contributed by atoms with Crippen molar-refractivity contribution in [3.05, 3.63) is 23.7 Å². The lowest BCUT2D eigenvalue weighted by Crippen LogP contribution is -2.28. The molecule has 1 unspecified atom stereocenters. The molecule has 0 spiro atoms. The first-order valence-electron chi connectivity index (χ1n) is 7.73. The Kier molecular flexibility index (Phi) is 3.02. The van der Waals surface area contributed by atoms with Crippen molar-refractivity contribution in [3.63, 3.8) is 0 Å². The maximum absolute atomic E-state index is 5.67. The van der Waals surface area contributed by atoms with E-state index in [2.05, 4.69) is 20.2 Å². The summed E-state index contributed by atoms with van der Waals surface area (Å²) in [4.78, 5) is 9.14. The molecule has 3 heterocycles. The molecule has 1 aliphatic carbocycles. The van der Waals surface area contributed by atoms with Gasteiger partial charge in [0, 0.05) is 19.5 Å². The molecular formula is C16H19N5O2. The summed E-state index contributed by atoms with van der Waals surface area (Å²) in [7, 11) is 3.57. The van der Waals surface area contributed by atoms with Crippen LogP contribution in [0, 0.1) is 12.8 Å². The molecule has 1 fully saturated rings. The number of pyridine rings is 1. The molecule has 23 heavy (non-hydrogen) atoms. The SMILES string of the molecule is COC(C)(c1noc(-c2ccc3c(C)nn(C)c3n2)n1)C1CC1. The molecule has 0 bridgehead atoms. The van der Waals surface area contributed by atoms with E-state index in [1.807, 2.05) is 33.0 Å². The molecule has 7 nitrogen and oxygen atoms in total. The van der Waals surface area contributed by atoms with Crippen LogP contribution in [-0.2, 0) is 17.4 Å². The topological polar surface area (TPSA) is 78.9 Å². The Balaban J connectivity index is 1.75. The lowest BCUT2D eigenvalue weighted by atomic mass is 9.99. The van der Waals surface area contributed by atoms with Crippen LogP contribution in [0.25, 0.3) is 22.6 Å². The van der Waals surface area contributed by atoms with Gasteiger partial charge in [-0.2, -0.15) is 10.1 Å². The summed E-state index contributed by atoms with van der Waals surface area (Å²) in [5, 5.41) is 9.54. The van der Waals surface area contributed by atoms with Gasteiger partial charge in [0.15, 0.2) is 5.65 Å². The minimum atomic E-state index is -0.491. The number of aryl methyl sites for hydroxylation is 2. The molecule has 3 aromatic rings. The molecule has 1 aliphatic rings. The minimum Gasteiger partial charge on any atom is -0.370 e. The van der Waals surface area contributed by atoms with Gasteiger partial charge in [-0.25, -0.2) is 4.98 Å². The van der Waals surface area contributed by atoms with Gasteiger partial charge in [-0.1, -0.05) is 5.16 Å². The van der Waals surface area contributed by atoms with Gasteiger partial charge in [0.1, 0.15) is 11.3 Å². The maximum atomic E-state index is 5.67. The third-order valence-corrected chi connectivity index (χ3v) is 4.74. The Hall–Kier alpha value is -2.28. The van der Waals surface area contributed by atoms with Gasteiger partial charge in [0.05, 0.1) is 5.69 Å². The van der Waals surface area contributed by atoms with E-state index in [0.29, 0.717) is 23.3 Å². The normalized spacial score (nSPS) is 17.6. The summed E-state index contributed by atoms with van der Waals surface area (Å²) in [5.74, 6) is 1.44. The smallest absolute Gasteiger partial charge is 0.276 e. The second-order valence-corrected chi connectivity index (χ2v) is 6.29. The molecule has 120 valence electrons. The summed E-state index contributed by atoms with van der Waals surface area (Å²) in [5.41, 5.74) is 1.91. The van der Waals surface area contributed by atoms with E-state index in [0.717, 1.165) is 29.6 Å². The van der Waals surface area contributed by atoms with Gasteiger partial charge < -0.3 is 9.26 Å². The molecule has 0 saturated heterocycles. The average Bonchev–Trinajstić information content (AvgIpc) is 3.23. The van der Waals surface area contributed by atoms with Crippen LogP contribution in [0.15, 0.2) is 16.7 Å². The summed E-state index contributed by atoms with van der Waals surface area (Å²) in [6.45, 7) is 3.98. The van der Waals surface area contributed by atoms with Crippen LogP contribution in [0.2, 0.25) is 0 Å². The third kappa shape index (κ3) is 2.15. The number of fused-ring (bicyclic) bond motifs is 1. The second-order valence-electron chi connectivity index (χ2n) is 6.29. The van der Waals surface area contributed by atoms with E-state index < -0.39 is 5.60 Å². The highest BCUT2D eigenvalue weighted by Crippen LogP contribution is 2.46. The zero-order valence-electron chi connectivity index (χ0n) is 13.7. The first kappa shape index (κ1) is 14.3. The fraction of sp³-hybridized carbons (Fsp3) is 0.500. The first-order valence-corrected chi connectivity index (χ1v) is 7.73. The van der Waals surface area contributed by atoms with E-state index in [9.17, 15) is 0 Å². The predicted octanol–water partition coefficient (Wildman–Crippen LogP) is 2.60. The number of hydrogen-bond acceptors (Lipinski definition) is 6. The van der Waals surface area contributed by atoms with Crippen molar-refractivity contribution in [2.24, 2.45) is 13.0 Å². The van der Waals surface area contributed by atoms with Crippen LogP contribution in [0.5, 0.6) is 0 Å². The van der Waals surface area contributed by atoms with Crippen molar-refractivity contribution in [3.8, 4) is 11.6 Å². The molecule has 0 aromatic carbocycles. The number of nitrogens with zero attached hydrogens (tertiary/aromatic N) is 5. The fourth-order valence-electron chi connectivity index (χ4n) is 3.03. The quantitative estimate of drug-likeness (QED) is 0.736. The number of hydrogen-bond donors (Lipinski definition) is 0. The standard InChI is InChI=1S/C16H19N5O2/c1-9-11-7-8-12(17-13(11)21(3)19-9)14-18-15(20-23-14)16(2,22-4)10-5-6-10/h7-8,10H,5-6H2,1-4H3. The van der Waals surface area contributed by atoms with Crippen LogP contribution in [0.3, 0.4) is 0 Å². The molecule has 0 amide bonds. The van der Waals surface area contributed by atoms with Crippen LogP contribution >= 0.6 is 0 Å². The molecule has 1 atom stereocenters. The Labute approximate surface area is 133 Å². The van der Waals surface area contributed by atoms with E-state index >= 15 is 0 Å². The molecule has 3 aromatic heterocycles. The van der Waals surface area contributed by atoms with Crippen molar-refractivity contribution < 1.29 is 9.26 Å². The minimum absolute atomic E-state index is 0.407. The van der Waals surface area contributed by atoms with E-state index in [1.54, 1.807) is 11.8 Å². The summed E-state index contributed by atoms with van der Waals surface area (Å²) in [6, 6.07) is 3.87. The number of methoxy groups -OCH3 is 1. The average molecular weight is 313 g/mol. The fourth-order valence-corrected chi connectivity index (χ4v) is 3.03. The lowest BCUT2D eigenvalue weighted by molar-refractivity contribution is -0.0269. The third-order valence-electron chi connectivity index (χ3n) is 4.74. The molecule has 0 radical (unpaired) electrons. The van der Waals surface area contributed by atoms with Crippen molar-refractivity contribution in [1.82, 2.24) is 24.9 Å². The van der Waals surface area contributed by atoms with E-state index in [-0.39, 0.29) is 0 Å². The van der Waals surface area contributed by atoms with Crippen LogP contribution in [-0.4, -0.2) is 32.0 Å². The number of aromatic nitrogens is 5. The lowest BCUT2D eigenvalue weighted by Gasteiger charge is -2.23. The van der Waals surface area contributed by atoms with Crippen LogP contribution in [0.1, 0.15) is 31.3 Å². The van der Waals surface area contributed by atoms with Crippen molar-refractivity contribution in [2.45, 2.75) is 32.3 Å². The van der Waals surface area contributed by atoms with Crippen molar-refractivity contribution in [1.29, 1.82) is 0 Å². The highest BCUT2D eigenvalue weighted by atomic mass is 16.5. The van der Waals surface area contributed by atoms with Crippen molar-refractivity contribution in [2.75, 3.05) is 7.11 Å². The Morgan fingerprint density at radius 2 is 2.09 bits per heavy atom. The predicted molar refractivity (Wildman–Crippen MR) is 83.6 cm³/mol. The summed E-state index contributed by atoms with van der Waals surface area (Å²) in [6.07, 6.45) is 2.26. The first-order chi connectivity index (χ1) is 11.0. The number of ether oxygens (including phenoxy) is 1. The summed E-state index contributed by atoms with van der Waals surface area (Å²) < 4.78 is 12.9. The van der Waals surface area contributed by atoms with Crippen LogP contribution < -0.4 is 0 Å². The van der Waals surface area contributed by atoms with Crippen LogP contribution in [0.4, 0.5) is 0 Å². The van der Waals surface area contributed by atoms with Gasteiger partial charge in [-0.05, 0) is 44.7 Å². The monoisotopic (exact) mass is 313 g/mol. The molecular weight excluding hydrogens is 294 g/mol. The van der Waals surface area contributed by atoms with Gasteiger partial charge in [0.2, 0.25) is 5.82 Å². The van der Waals surface area contributed by atoms with Gasteiger partial charge in [-0.3, -0.25) is 4.68 Å². The zero-order chi connectivity index (χ0) is 16.2. The molecule has 7 heteroatoms. The Bertz CT molecular complexity index is 880. The van der Waals surface area contributed by atoms with E-state index in [4.69, 9.17) is 9.26 Å². The second kappa shape index (κ2) is 4.86. The number of rotatable bonds is 4. The highest BCUT2D eigenvalue weighted by Gasteiger charge is 2.46. The zero-order valence-corrected chi connectivity index (χ0v) is 13.7. The van der Waals surface area contributed by atoms with Gasteiger partial charge in [-0.15, -0.1) is 0 Å².